The van der Waals surface area contributed by atoms with Crippen LogP contribution in [0.25, 0.3) is 0 Å². The molecule has 1 unspecified atom stereocenters. The van der Waals surface area contributed by atoms with Crippen molar-refractivity contribution in [2.45, 2.75) is 24.3 Å². The van der Waals surface area contributed by atoms with Gasteiger partial charge in [-0.3, -0.25) is 9.47 Å². The van der Waals surface area contributed by atoms with E-state index < -0.39 is 5.97 Å². The molecule has 0 aromatic carbocycles. The van der Waals surface area contributed by atoms with Crippen molar-refractivity contribution in [1.82, 2.24) is 0 Å². The van der Waals surface area contributed by atoms with E-state index in [1.165, 1.54) is 0 Å². The molecule has 3 rings (SSSR count). The summed E-state index contributed by atoms with van der Waals surface area (Å²) in [6, 6.07) is 0. The Morgan fingerprint density at radius 2 is 2.33 bits per heavy atom. The van der Waals surface area contributed by atoms with Crippen LogP contribution in [0.15, 0.2) is 12.7 Å². The summed E-state index contributed by atoms with van der Waals surface area (Å²) in [6.07, 6.45) is 2.75. The number of hydrogen-bond donors (Lipinski definition) is 0. The van der Waals surface area contributed by atoms with E-state index in [-0.39, 0.29) is 11.9 Å². The molecule has 0 aromatic rings. The lowest BCUT2D eigenvalue weighted by atomic mass is 10.1. The summed E-state index contributed by atoms with van der Waals surface area (Å²) >= 11 is 0. The zero-order chi connectivity index (χ0) is 6.11. The van der Waals surface area contributed by atoms with Gasteiger partial charge >= 0.3 is 5.97 Å². The molecule has 3 saturated heterocycles. The minimum atomic E-state index is -0.541. The summed E-state index contributed by atoms with van der Waals surface area (Å²) < 4.78 is 15.3. The van der Waals surface area contributed by atoms with Gasteiger partial charge in [0.15, 0.2) is 0 Å². The molecular formula is C6H6O3. The second-order valence-corrected chi connectivity index (χ2v) is 2.56. The lowest BCUT2D eigenvalue weighted by Gasteiger charge is -2.12. The van der Waals surface area contributed by atoms with Crippen molar-refractivity contribution in [2.75, 3.05) is 0 Å². The van der Waals surface area contributed by atoms with E-state index in [0.717, 1.165) is 6.42 Å². The summed E-state index contributed by atoms with van der Waals surface area (Å²) in [5, 5.41) is 0. The average Bonchev–Trinajstić information content (AvgIpc) is 2.40. The van der Waals surface area contributed by atoms with Crippen LogP contribution in [0.4, 0.5) is 0 Å². The molecule has 9 heavy (non-hydrogen) atoms. The fourth-order valence-electron chi connectivity index (χ4n) is 1.38. The Kier molecular flexibility index (Phi) is 0.428. The molecule has 1 atom stereocenters. The van der Waals surface area contributed by atoms with Gasteiger partial charge < -0.3 is 4.74 Å². The third kappa shape index (κ3) is 0.257. The van der Waals surface area contributed by atoms with Gasteiger partial charge in [0.05, 0.1) is 0 Å². The molecular weight excluding hydrogens is 120 g/mol. The molecule has 0 N–H and O–H groups in total. The Morgan fingerprint density at radius 3 is 2.67 bits per heavy atom. The lowest BCUT2D eigenvalue weighted by molar-refractivity contribution is -0.142. The lowest BCUT2D eigenvalue weighted by Crippen LogP contribution is -2.32. The van der Waals surface area contributed by atoms with Crippen molar-refractivity contribution in [3.05, 3.63) is 12.7 Å². The Balaban J connectivity index is 1.79. The predicted molar refractivity (Wildman–Crippen MR) is 27.3 cm³/mol. The maximum Gasteiger partial charge on any atom is 0.349 e. The SMILES string of the molecule is C=CCC1OC23OC12O3. The quantitative estimate of drug-likeness (QED) is 0.396. The Hall–Kier alpha value is -0.380. The zero-order valence-electron chi connectivity index (χ0n) is 4.79. The minimum Gasteiger partial charge on any atom is -0.313 e. The van der Waals surface area contributed by atoms with Gasteiger partial charge in [-0.2, -0.15) is 0 Å². The van der Waals surface area contributed by atoms with E-state index in [9.17, 15) is 0 Å². The van der Waals surface area contributed by atoms with Crippen LogP contribution in [0.1, 0.15) is 6.42 Å². The molecule has 3 heteroatoms. The number of ether oxygens (including phenoxy) is 3. The average molecular weight is 126 g/mol. The maximum absolute atomic E-state index is 5.19. The minimum absolute atomic E-state index is 0.120. The van der Waals surface area contributed by atoms with Crippen LogP contribution < -0.4 is 0 Å². The predicted octanol–water partition coefficient (Wildman–Crippen LogP) is 0.372. The van der Waals surface area contributed by atoms with Gasteiger partial charge in [-0.15, -0.1) is 6.58 Å². The van der Waals surface area contributed by atoms with Crippen LogP contribution in [-0.4, -0.2) is 17.9 Å². The molecule has 48 valence electrons. The van der Waals surface area contributed by atoms with Crippen LogP contribution in [0.2, 0.25) is 0 Å². The first-order valence-electron chi connectivity index (χ1n) is 3.02. The highest BCUT2D eigenvalue weighted by molar-refractivity contribution is 5.25. The number of rotatable bonds is 2. The Bertz CT molecular complexity index is 192. The molecule has 3 fully saturated rings. The highest BCUT2D eigenvalue weighted by atomic mass is 17.2. The summed E-state index contributed by atoms with van der Waals surface area (Å²) in [5.41, 5.74) is 0. The molecule has 0 radical (unpaired) electrons. The van der Waals surface area contributed by atoms with Crippen LogP contribution in [0.3, 0.4) is 0 Å². The molecule has 0 amide bonds. The van der Waals surface area contributed by atoms with E-state index in [0.29, 0.717) is 0 Å². The third-order valence-corrected chi connectivity index (χ3v) is 2.02. The Labute approximate surface area is 52.2 Å². The highest BCUT2D eigenvalue weighted by Crippen LogP contribution is 2.79. The van der Waals surface area contributed by atoms with E-state index >= 15 is 0 Å². The summed E-state index contributed by atoms with van der Waals surface area (Å²) in [5.74, 6) is -0.831. The standard InChI is InChI=1S/C6H6O3/c1-2-3-4-5-6(7-4,8-5)9-5/h2,4H,1,3H2. The van der Waals surface area contributed by atoms with Crippen LogP contribution >= 0.6 is 0 Å². The van der Waals surface area contributed by atoms with Gasteiger partial charge in [0.25, 0.3) is 5.79 Å². The molecule has 3 heterocycles. The Morgan fingerprint density at radius 1 is 1.56 bits per heavy atom. The third-order valence-electron chi connectivity index (χ3n) is 2.02. The summed E-state index contributed by atoms with van der Waals surface area (Å²) in [7, 11) is 0. The van der Waals surface area contributed by atoms with Crippen LogP contribution in [-0.2, 0) is 14.2 Å². The van der Waals surface area contributed by atoms with Gasteiger partial charge in [0.2, 0.25) is 0 Å². The molecule has 0 aromatic heterocycles. The molecule has 3 aliphatic heterocycles. The van der Waals surface area contributed by atoms with E-state index in [1.54, 1.807) is 0 Å². The van der Waals surface area contributed by atoms with Crippen molar-refractivity contribution >= 4 is 0 Å². The summed E-state index contributed by atoms with van der Waals surface area (Å²) in [4.78, 5) is 0. The first-order chi connectivity index (χ1) is 4.33. The number of hydrogen-bond acceptors (Lipinski definition) is 3. The molecule has 0 spiro atoms. The van der Waals surface area contributed by atoms with Gasteiger partial charge in [0.1, 0.15) is 6.10 Å². The van der Waals surface area contributed by atoms with Crippen LogP contribution in [0, 0.1) is 0 Å². The van der Waals surface area contributed by atoms with E-state index in [1.807, 2.05) is 6.08 Å². The van der Waals surface area contributed by atoms with Gasteiger partial charge in [-0.25, -0.2) is 0 Å². The molecule has 3 nitrogen and oxygen atoms in total. The van der Waals surface area contributed by atoms with Gasteiger partial charge in [-0.1, -0.05) is 6.08 Å². The van der Waals surface area contributed by atoms with Gasteiger partial charge in [0, 0.05) is 0 Å². The van der Waals surface area contributed by atoms with Crippen molar-refractivity contribution in [3.8, 4) is 0 Å². The highest BCUT2D eigenvalue weighted by Gasteiger charge is 3.05. The topological polar surface area (TPSA) is 34.3 Å². The monoisotopic (exact) mass is 126 g/mol. The maximum atomic E-state index is 5.19. The van der Waals surface area contributed by atoms with E-state index in [2.05, 4.69) is 6.58 Å². The normalized spacial score (nSPS) is 65.1. The molecule has 3 aliphatic rings. The van der Waals surface area contributed by atoms with Crippen molar-refractivity contribution in [1.29, 1.82) is 0 Å². The largest absolute Gasteiger partial charge is 0.349 e. The molecule has 0 aliphatic carbocycles. The van der Waals surface area contributed by atoms with E-state index in [4.69, 9.17) is 14.2 Å². The first-order valence-corrected chi connectivity index (χ1v) is 3.02. The van der Waals surface area contributed by atoms with Crippen LogP contribution in [0.5, 0.6) is 0 Å². The smallest absolute Gasteiger partial charge is 0.313 e. The van der Waals surface area contributed by atoms with Crippen molar-refractivity contribution in [2.24, 2.45) is 0 Å². The number of epoxide rings is 2. The van der Waals surface area contributed by atoms with Gasteiger partial charge in [-0.05, 0) is 6.42 Å². The fourth-order valence-corrected chi connectivity index (χ4v) is 1.38. The molecule has 0 saturated carbocycles. The van der Waals surface area contributed by atoms with Crippen molar-refractivity contribution < 1.29 is 14.2 Å². The fraction of sp³-hybridized carbons (Fsp3) is 0.667. The van der Waals surface area contributed by atoms with Crippen molar-refractivity contribution in [3.63, 3.8) is 0 Å². The molecule has 0 bridgehead atoms. The second-order valence-electron chi connectivity index (χ2n) is 2.56. The zero-order valence-corrected chi connectivity index (χ0v) is 4.79. The first kappa shape index (κ1) is 4.44. The summed E-state index contributed by atoms with van der Waals surface area (Å²) in [6.45, 7) is 3.59. The second kappa shape index (κ2) is 0.868.